The van der Waals surface area contributed by atoms with Crippen LogP contribution in [0, 0.1) is 23.7 Å². The molecule has 19 atom stereocenters. The van der Waals surface area contributed by atoms with Crippen molar-refractivity contribution in [1.29, 1.82) is 0 Å². The average Bonchev–Trinajstić information content (AvgIpc) is 3.17. The van der Waals surface area contributed by atoms with E-state index in [0.29, 0.717) is 13.0 Å². The Bertz CT molecular complexity index is 1260. The number of aliphatic hydroxyl groups is 5. The number of methoxy groups -OCH3 is 1. The maximum atomic E-state index is 14.4. The second-order valence-electron chi connectivity index (χ2n) is 19.5. The Hall–Kier alpha value is -1.01. The van der Waals surface area contributed by atoms with Gasteiger partial charge in [0.1, 0.15) is 23.9 Å². The van der Waals surface area contributed by atoms with Crippen LogP contribution >= 0.6 is 0 Å². The quantitative estimate of drug-likeness (QED) is 0.0997. The fourth-order valence-electron chi connectivity index (χ4n) is 10.2. The van der Waals surface area contributed by atoms with Crippen molar-refractivity contribution in [2.75, 3.05) is 27.7 Å². The van der Waals surface area contributed by atoms with Gasteiger partial charge in [-0.3, -0.25) is 4.79 Å². The Labute approximate surface area is 356 Å². The van der Waals surface area contributed by atoms with Crippen molar-refractivity contribution in [3.05, 3.63) is 0 Å². The normalized spacial score (nSPS) is 45.9. The molecule has 3 rings (SSSR count). The summed E-state index contributed by atoms with van der Waals surface area (Å²) in [6.45, 7) is 20.7. The predicted octanol–water partition coefficient (Wildman–Crippen LogP) is 4.54. The molecule has 3 heterocycles. The molecule has 14 heteroatoms. The summed E-state index contributed by atoms with van der Waals surface area (Å²) >= 11 is 0. The highest BCUT2D eigenvalue weighted by Gasteiger charge is 2.53. The lowest BCUT2D eigenvalue weighted by Gasteiger charge is -2.49. The van der Waals surface area contributed by atoms with E-state index in [1.54, 1.807) is 34.6 Å². The molecule has 0 bridgehead atoms. The molecule has 3 fully saturated rings. The van der Waals surface area contributed by atoms with Gasteiger partial charge in [-0.2, -0.15) is 0 Å². The maximum absolute atomic E-state index is 14.4. The SMILES string of the molecule is CCCCCCCCN[C@@H]1[C@H](C)[C@@H](O)[C@](C)(O)[C@@H](CC)OC(=O)[C@H](C)[C@@H](OC2CC(C)(OC)C(O)C(C)O2)[C@H](C)[C@@H](OC2OC(C)CC(N(C)C)C2O)[C@](C)(O)C[C@H]1C. The fraction of sp³-hybridized carbons (Fsp3) is 0.978. The van der Waals surface area contributed by atoms with Gasteiger partial charge < -0.3 is 64.2 Å². The number of hydrogen-bond donors (Lipinski definition) is 6. The van der Waals surface area contributed by atoms with Crippen molar-refractivity contribution < 1.29 is 58.7 Å². The topological polar surface area (TPSA) is 189 Å². The molecule has 0 aromatic heterocycles. The third-order valence-electron chi connectivity index (χ3n) is 14.0. The van der Waals surface area contributed by atoms with Crippen molar-refractivity contribution in [1.82, 2.24) is 10.2 Å². The van der Waals surface area contributed by atoms with Crippen LogP contribution in [0.3, 0.4) is 0 Å². The maximum Gasteiger partial charge on any atom is 0.311 e. The van der Waals surface area contributed by atoms with E-state index in [-0.39, 0.29) is 43.4 Å². The van der Waals surface area contributed by atoms with Gasteiger partial charge in [-0.25, -0.2) is 0 Å². The van der Waals surface area contributed by atoms with Gasteiger partial charge in [-0.1, -0.05) is 66.7 Å². The molecule has 3 aliphatic rings. The number of rotatable bonds is 15. The molecule has 0 aromatic carbocycles. The fourth-order valence-corrected chi connectivity index (χ4v) is 10.2. The zero-order valence-corrected chi connectivity index (χ0v) is 39.1. The van der Waals surface area contributed by atoms with Crippen LogP contribution in [-0.4, -0.2) is 154 Å². The van der Waals surface area contributed by atoms with E-state index in [2.05, 4.69) is 12.2 Å². The van der Waals surface area contributed by atoms with Crippen LogP contribution in [-0.2, 0) is 33.2 Å². The summed E-state index contributed by atoms with van der Waals surface area (Å²) in [6, 6.07) is -0.657. The molecular formula is C45H86N2O12. The number of esters is 1. The molecular weight excluding hydrogens is 760 g/mol. The number of unbranched alkanes of at least 4 members (excludes halogenated alkanes) is 5. The highest BCUT2D eigenvalue weighted by atomic mass is 16.7. The Kier molecular flexibility index (Phi) is 20.0. The van der Waals surface area contributed by atoms with Crippen molar-refractivity contribution in [3.8, 4) is 0 Å². The third-order valence-corrected chi connectivity index (χ3v) is 14.0. The first-order valence-corrected chi connectivity index (χ1v) is 22.7. The van der Waals surface area contributed by atoms with E-state index in [1.807, 2.05) is 46.7 Å². The Morgan fingerprint density at radius 1 is 0.847 bits per heavy atom. The summed E-state index contributed by atoms with van der Waals surface area (Å²) in [5, 5.41) is 63.4. The van der Waals surface area contributed by atoms with Gasteiger partial charge in [0.05, 0.1) is 47.6 Å². The van der Waals surface area contributed by atoms with Gasteiger partial charge >= 0.3 is 5.97 Å². The van der Waals surface area contributed by atoms with Crippen molar-refractivity contribution in [2.45, 2.75) is 231 Å². The second-order valence-corrected chi connectivity index (χ2v) is 19.5. The molecule has 3 aliphatic heterocycles. The molecule has 0 aliphatic carbocycles. The van der Waals surface area contributed by atoms with E-state index in [4.69, 9.17) is 28.4 Å². The standard InChI is InChI=1S/C45H86N2O12/c1-15-17-18-19-20-21-22-46-35-26(3)24-43(9,52)40(59-42-36(48)32(47(12)13)23-27(4)55-42)29(6)37(58-34-25-44(10,54-14)39(50)31(8)56-34)30(7)41(51)57-33(16-2)45(11,53)38(49)28(35)5/h26-40,42,46,48-50,52-53H,15-25H2,1-14H3/t26-,27?,28+,29+,30-,31?,32?,33-,34?,35+,36?,37+,38-,39?,40-,42?,43-,44?,45-/m1/s1. The molecule has 0 radical (unpaired) electrons. The van der Waals surface area contributed by atoms with Gasteiger partial charge in [-0.05, 0) is 93.8 Å². The number of nitrogens with one attached hydrogen (secondary N) is 1. The summed E-state index contributed by atoms with van der Waals surface area (Å²) in [7, 11) is 5.31. The minimum atomic E-state index is -1.82. The zero-order chi connectivity index (χ0) is 44.6. The Morgan fingerprint density at radius 3 is 2.07 bits per heavy atom. The van der Waals surface area contributed by atoms with Gasteiger partial charge in [0.25, 0.3) is 0 Å². The molecule has 348 valence electrons. The largest absolute Gasteiger partial charge is 0.459 e. The highest BCUT2D eigenvalue weighted by molar-refractivity contribution is 5.73. The summed E-state index contributed by atoms with van der Waals surface area (Å²) in [4.78, 5) is 16.3. The lowest BCUT2D eigenvalue weighted by molar-refractivity contribution is -0.318. The van der Waals surface area contributed by atoms with Crippen LogP contribution in [0.5, 0.6) is 0 Å². The van der Waals surface area contributed by atoms with E-state index in [1.165, 1.54) is 33.3 Å². The van der Waals surface area contributed by atoms with Crippen LogP contribution in [0.1, 0.15) is 140 Å². The first-order valence-electron chi connectivity index (χ1n) is 22.7. The van der Waals surface area contributed by atoms with E-state index in [0.717, 1.165) is 19.3 Å². The molecule has 59 heavy (non-hydrogen) atoms. The molecule has 0 spiro atoms. The number of carbonyl (C=O) groups is 1. The van der Waals surface area contributed by atoms with E-state index in [9.17, 15) is 30.3 Å². The monoisotopic (exact) mass is 847 g/mol. The first kappa shape index (κ1) is 52.3. The number of hydrogen-bond acceptors (Lipinski definition) is 14. The lowest BCUT2D eigenvalue weighted by Crippen LogP contribution is -2.62. The first-order chi connectivity index (χ1) is 27.5. The molecule has 8 unspecified atom stereocenters. The second kappa shape index (κ2) is 22.6. The van der Waals surface area contributed by atoms with Gasteiger partial charge in [-0.15, -0.1) is 0 Å². The summed E-state index contributed by atoms with van der Waals surface area (Å²) in [5.74, 6) is -3.25. The molecule has 14 nitrogen and oxygen atoms in total. The minimum Gasteiger partial charge on any atom is -0.459 e. The van der Waals surface area contributed by atoms with Gasteiger partial charge in [0, 0.05) is 37.5 Å². The summed E-state index contributed by atoms with van der Waals surface area (Å²) < 4.78 is 38.0. The van der Waals surface area contributed by atoms with E-state index >= 15 is 0 Å². The number of nitrogens with zero attached hydrogens (tertiary/aromatic N) is 1. The number of cyclic esters (lactones) is 1. The highest BCUT2D eigenvalue weighted by Crippen LogP contribution is 2.41. The average molecular weight is 847 g/mol. The smallest absolute Gasteiger partial charge is 0.311 e. The number of carbonyl (C=O) groups excluding carboxylic acids is 1. The molecule has 0 aromatic rings. The summed E-state index contributed by atoms with van der Waals surface area (Å²) in [5.41, 5.74) is -4.47. The number of likely N-dealkylation sites (N-methyl/N-ethyl adjacent to an activating group) is 1. The third kappa shape index (κ3) is 13.0. The van der Waals surface area contributed by atoms with Gasteiger partial charge in [0.2, 0.25) is 0 Å². The lowest BCUT2D eigenvalue weighted by atomic mass is 9.72. The molecule has 3 saturated heterocycles. The summed E-state index contributed by atoms with van der Waals surface area (Å²) in [6.07, 6.45) is -1.68. The van der Waals surface area contributed by atoms with Crippen LogP contribution in [0.25, 0.3) is 0 Å². The molecule has 6 N–H and O–H groups in total. The van der Waals surface area contributed by atoms with E-state index < -0.39 is 95.8 Å². The Morgan fingerprint density at radius 2 is 1.47 bits per heavy atom. The zero-order valence-electron chi connectivity index (χ0n) is 39.1. The van der Waals surface area contributed by atoms with Crippen molar-refractivity contribution in [2.24, 2.45) is 23.7 Å². The van der Waals surface area contributed by atoms with Crippen molar-refractivity contribution >= 4 is 5.97 Å². The van der Waals surface area contributed by atoms with Gasteiger partial charge in [0.15, 0.2) is 12.6 Å². The minimum absolute atomic E-state index is 0.133. The van der Waals surface area contributed by atoms with Crippen LogP contribution in [0.4, 0.5) is 0 Å². The van der Waals surface area contributed by atoms with Crippen LogP contribution in [0.15, 0.2) is 0 Å². The van der Waals surface area contributed by atoms with Crippen molar-refractivity contribution in [3.63, 3.8) is 0 Å². The molecule has 0 amide bonds. The Balaban J connectivity index is 2.17. The van der Waals surface area contributed by atoms with Crippen LogP contribution < -0.4 is 5.32 Å². The predicted molar refractivity (Wildman–Crippen MR) is 226 cm³/mol. The number of ether oxygens (including phenoxy) is 6. The number of aliphatic hydroxyl groups excluding tert-OH is 3. The van der Waals surface area contributed by atoms with Crippen LogP contribution in [0.2, 0.25) is 0 Å². The molecule has 0 saturated carbocycles.